The molecule has 2 unspecified atom stereocenters. The zero-order chi connectivity index (χ0) is 14.5. The molecule has 0 aromatic heterocycles. The van der Waals surface area contributed by atoms with Crippen LogP contribution >= 0.6 is 0 Å². The first-order chi connectivity index (χ1) is 8.86. The van der Waals surface area contributed by atoms with Crippen LogP contribution in [0.15, 0.2) is 29.2 Å². The molecule has 1 aromatic carbocycles. The van der Waals surface area contributed by atoms with Crippen LogP contribution in [0.2, 0.25) is 0 Å². The third-order valence-corrected chi connectivity index (χ3v) is 5.10. The number of rotatable bonds is 7. The van der Waals surface area contributed by atoms with Crippen molar-refractivity contribution in [1.29, 1.82) is 0 Å². The molecule has 0 aliphatic rings. The Kier molecular flexibility index (Phi) is 5.96. The minimum Gasteiger partial charge on any atom is -0.387 e. The number of anilines is 1. The second-order valence-corrected chi connectivity index (χ2v) is 7.57. The molecule has 1 aromatic rings. The molecule has 19 heavy (non-hydrogen) atoms. The third kappa shape index (κ3) is 4.93. The molecule has 0 spiro atoms. The first kappa shape index (κ1) is 16.1. The summed E-state index contributed by atoms with van der Waals surface area (Å²) in [6, 6.07) is 6.47. The van der Waals surface area contributed by atoms with Crippen molar-refractivity contribution in [2.24, 2.45) is 0 Å². The predicted octanol–water partition coefficient (Wildman–Crippen LogP) is 1.16. The van der Waals surface area contributed by atoms with Crippen molar-refractivity contribution < 1.29 is 12.6 Å². The summed E-state index contributed by atoms with van der Waals surface area (Å²) in [5, 5.41) is 2.86. The van der Waals surface area contributed by atoms with Gasteiger partial charge in [-0.2, -0.15) is 0 Å². The number of hydrogen-bond donors (Lipinski definition) is 2. The largest absolute Gasteiger partial charge is 0.387 e. The molecule has 2 atom stereocenters. The highest BCUT2D eigenvalue weighted by Crippen LogP contribution is 2.20. The lowest BCUT2D eigenvalue weighted by atomic mass is 10.3. The van der Waals surface area contributed by atoms with Crippen molar-refractivity contribution in [2.45, 2.75) is 24.3 Å². The molecule has 0 aliphatic heterocycles. The van der Waals surface area contributed by atoms with E-state index < -0.39 is 20.8 Å². The maximum atomic E-state index is 12.2. The monoisotopic (exact) mass is 304 g/mol. The van der Waals surface area contributed by atoms with Crippen molar-refractivity contribution in [2.75, 3.05) is 24.4 Å². The summed E-state index contributed by atoms with van der Waals surface area (Å²) in [7, 11) is -2.80. The van der Waals surface area contributed by atoms with E-state index in [1.165, 1.54) is 0 Å². The molecule has 0 saturated carbocycles. The topological polar surface area (TPSA) is 75.3 Å². The second kappa shape index (κ2) is 7.02. The fraction of sp³-hybridized carbons (Fsp3) is 0.500. The average Bonchev–Trinajstić information content (AvgIpc) is 2.35. The third-order valence-electron chi connectivity index (χ3n) is 2.64. The standard InChI is InChI=1S/C12H20N2O3S2/c1-10(8-9-18(3)15)14-19(16,17)12-7-5-4-6-11(12)13-2/h4-7,10,13-14H,8-9H2,1-3H3. The Labute approximate surface area is 117 Å². The van der Waals surface area contributed by atoms with Crippen LogP contribution < -0.4 is 10.0 Å². The molecule has 0 amide bonds. The minimum atomic E-state index is -3.56. The van der Waals surface area contributed by atoms with Gasteiger partial charge in [0.1, 0.15) is 4.90 Å². The van der Waals surface area contributed by atoms with Crippen LogP contribution in [0.5, 0.6) is 0 Å². The molecule has 7 heteroatoms. The normalized spacial score (nSPS) is 14.9. The van der Waals surface area contributed by atoms with Gasteiger partial charge in [0.25, 0.3) is 0 Å². The summed E-state index contributed by atoms with van der Waals surface area (Å²) in [5.74, 6) is 0.483. The molecular weight excluding hydrogens is 284 g/mol. The highest BCUT2D eigenvalue weighted by atomic mass is 32.2. The van der Waals surface area contributed by atoms with Crippen molar-refractivity contribution in [3.8, 4) is 0 Å². The lowest BCUT2D eigenvalue weighted by Crippen LogP contribution is -2.33. The summed E-state index contributed by atoms with van der Waals surface area (Å²) in [4.78, 5) is 0.224. The summed E-state index contributed by atoms with van der Waals surface area (Å²) < 4.78 is 38.1. The molecule has 0 fully saturated rings. The zero-order valence-corrected chi connectivity index (χ0v) is 13.0. The van der Waals surface area contributed by atoms with E-state index in [4.69, 9.17) is 0 Å². The van der Waals surface area contributed by atoms with Crippen LogP contribution in [-0.4, -0.2) is 37.7 Å². The number of sulfonamides is 1. The van der Waals surface area contributed by atoms with Crippen LogP contribution in [0, 0.1) is 0 Å². The van der Waals surface area contributed by atoms with Gasteiger partial charge in [-0.3, -0.25) is 4.21 Å². The zero-order valence-electron chi connectivity index (χ0n) is 11.3. The SMILES string of the molecule is CNc1ccccc1S(=O)(=O)NC(C)CCS(C)=O. The average molecular weight is 304 g/mol. The van der Waals surface area contributed by atoms with Crippen molar-refractivity contribution in [3.63, 3.8) is 0 Å². The van der Waals surface area contributed by atoms with E-state index in [1.54, 1.807) is 44.5 Å². The minimum absolute atomic E-state index is 0.224. The van der Waals surface area contributed by atoms with Crippen LogP contribution in [0.3, 0.4) is 0 Å². The molecule has 108 valence electrons. The van der Waals surface area contributed by atoms with Gasteiger partial charge < -0.3 is 5.32 Å². The van der Waals surface area contributed by atoms with Crippen molar-refractivity contribution in [1.82, 2.24) is 4.72 Å². The molecule has 0 radical (unpaired) electrons. The molecule has 2 N–H and O–H groups in total. The lowest BCUT2D eigenvalue weighted by Gasteiger charge is -2.15. The summed E-state index contributed by atoms with van der Waals surface area (Å²) in [5.41, 5.74) is 0.557. The van der Waals surface area contributed by atoms with E-state index in [2.05, 4.69) is 10.0 Å². The van der Waals surface area contributed by atoms with Crippen molar-refractivity contribution in [3.05, 3.63) is 24.3 Å². The van der Waals surface area contributed by atoms with Gasteiger partial charge in [-0.05, 0) is 25.5 Å². The van der Waals surface area contributed by atoms with Gasteiger partial charge in [0.05, 0.1) is 5.69 Å². The van der Waals surface area contributed by atoms with E-state index in [0.29, 0.717) is 17.9 Å². The van der Waals surface area contributed by atoms with Crippen LogP contribution in [-0.2, 0) is 20.8 Å². The highest BCUT2D eigenvalue weighted by Gasteiger charge is 2.20. The summed E-state index contributed by atoms with van der Waals surface area (Å²) in [6.45, 7) is 1.77. The fourth-order valence-electron chi connectivity index (χ4n) is 1.64. The molecular formula is C12H20N2O3S2. The van der Waals surface area contributed by atoms with E-state index in [-0.39, 0.29) is 10.9 Å². The van der Waals surface area contributed by atoms with Gasteiger partial charge in [-0.25, -0.2) is 13.1 Å². The first-order valence-corrected chi connectivity index (χ1v) is 9.17. The van der Waals surface area contributed by atoms with Gasteiger partial charge in [0, 0.05) is 35.9 Å². The second-order valence-electron chi connectivity index (χ2n) is 4.33. The Morgan fingerprint density at radius 1 is 1.32 bits per heavy atom. The van der Waals surface area contributed by atoms with E-state index in [9.17, 15) is 12.6 Å². The van der Waals surface area contributed by atoms with E-state index in [0.717, 1.165) is 0 Å². The number of benzene rings is 1. The number of nitrogens with one attached hydrogen (secondary N) is 2. The van der Waals surface area contributed by atoms with Crippen molar-refractivity contribution >= 4 is 26.5 Å². The molecule has 0 aliphatic carbocycles. The Morgan fingerprint density at radius 2 is 1.95 bits per heavy atom. The van der Waals surface area contributed by atoms with E-state index in [1.807, 2.05) is 0 Å². The summed E-state index contributed by atoms with van der Waals surface area (Å²) >= 11 is 0. The molecule has 5 nitrogen and oxygen atoms in total. The smallest absolute Gasteiger partial charge is 0.242 e. The molecule has 0 saturated heterocycles. The maximum absolute atomic E-state index is 12.2. The number of hydrogen-bond acceptors (Lipinski definition) is 4. The van der Waals surface area contributed by atoms with Gasteiger partial charge in [-0.15, -0.1) is 0 Å². The lowest BCUT2D eigenvalue weighted by molar-refractivity contribution is 0.556. The maximum Gasteiger partial charge on any atom is 0.242 e. The van der Waals surface area contributed by atoms with Crippen LogP contribution in [0.1, 0.15) is 13.3 Å². The van der Waals surface area contributed by atoms with Gasteiger partial charge in [-0.1, -0.05) is 12.1 Å². The highest BCUT2D eigenvalue weighted by molar-refractivity contribution is 7.89. The van der Waals surface area contributed by atoms with Gasteiger partial charge in [0.15, 0.2) is 0 Å². The Bertz CT molecular complexity index is 544. The molecule has 1 rings (SSSR count). The van der Waals surface area contributed by atoms with E-state index >= 15 is 0 Å². The summed E-state index contributed by atoms with van der Waals surface area (Å²) in [6.07, 6.45) is 2.15. The first-order valence-electron chi connectivity index (χ1n) is 5.96. The Balaban J connectivity index is 2.83. The number of para-hydroxylation sites is 1. The Hall–Kier alpha value is -0.920. The Morgan fingerprint density at radius 3 is 2.53 bits per heavy atom. The van der Waals surface area contributed by atoms with Crippen LogP contribution in [0.4, 0.5) is 5.69 Å². The van der Waals surface area contributed by atoms with Crippen LogP contribution in [0.25, 0.3) is 0 Å². The predicted molar refractivity (Wildman–Crippen MR) is 79.3 cm³/mol. The molecule has 0 bridgehead atoms. The van der Waals surface area contributed by atoms with Gasteiger partial charge in [0.2, 0.25) is 10.0 Å². The fourth-order valence-corrected chi connectivity index (χ4v) is 3.81. The quantitative estimate of drug-likeness (QED) is 0.793. The van der Waals surface area contributed by atoms with Gasteiger partial charge >= 0.3 is 0 Å². The molecule has 0 heterocycles.